The average Bonchev–Trinajstić information content (AvgIpc) is 2.93. The highest BCUT2D eigenvalue weighted by molar-refractivity contribution is 7.10. The molecule has 0 saturated carbocycles. The van der Waals surface area contributed by atoms with Gasteiger partial charge in [0.1, 0.15) is 0 Å². The fourth-order valence-corrected chi connectivity index (χ4v) is 2.54. The first-order valence-electron chi connectivity index (χ1n) is 6.71. The second-order valence-electron chi connectivity index (χ2n) is 4.58. The molecule has 0 unspecified atom stereocenters. The topological polar surface area (TPSA) is 49.3 Å². The molecule has 2 rings (SSSR count). The van der Waals surface area contributed by atoms with Crippen LogP contribution in [0.4, 0.5) is 0 Å². The molecule has 0 fully saturated rings. The lowest BCUT2D eigenvalue weighted by Gasteiger charge is -2.04. The zero-order chi connectivity index (χ0) is 15.1. The maximum Gasteiger partial charge on any atom is 0.251 e. The smallest absolute Gasteiger partial charge is 0.251 e. The van der Waals surface area contributed by atoms with Gasteiger partial charge in [-0.1, -0.05) is 29.5 Å². The number of aliphatic hydroxyl groups is 1. The lowest BCUT2D eigenvalue weighted by molar-refractivity contribution is 0.0951. The molecule has 3 nitrogen and oxygen atoms in total. The van der Waals surface area contributed by atoms with E-state index in [9.17, 15) is 4.79 Å². The monoisotopic (exact) mass is 299 g/mol. The number of aliphatic hydroxyl groups excluding tert-OH is 1. The highest BCUT2D eigenvalue weighted by Crippen LogP contribution is 2.15. The van der Waals surface area contributed by atoms with Crippen LogP contribution in [0.2, 0.25) is 0 Å². The van der Waals surface area contributed by atoms with E-state index in [1.165, 1.54) is 0 Å². The maximum absolute atomic E-state index is 12.0. The lowest BCUT2D eigenvalue weighted by atomic mass is 10.1. The largest absolute Gasteiger partial charge is 0.395 e. The fourth-order valence-electron chi connectivity index (χ4n) is 1.77. The van der Waals surface area contributed by atoms with Gasteiger partial charge in [-0.05, 0) is 30.5 Å². The maximum atomic E-state index is 12.0. The molecule has 0 aliphatic heterocycles. The number of rotatable bonds is 4. The van der Waals surface area contributed by atoms with Crippen molar-refractivity contribution in [3.8, 4) is 11.8 Å². The zero-order valence-electron chi connectivity index (χ0n) is 11.8. The molecule has 0 spiro atoms. The molecule has 0 aliphatic rings. The van der Waals surface area contributed by atoms with Gasteiger partial charge < -0.3 is 10.4 Å². The SMILES string of the molecule is Cc1ccc(C(=O)NCc2sccc2C#CCCO)cc1. The van der Waals surface area contributed by atoms with Crippen molar-refractivity contribution in [2.24, 2.45) is 0 Å². The number of amides is 1. The summed E-state index contributed by atoms with van der Waals surface area (Å²) in [4.78, 5) is 13.1. The number of hydrogen-bond donors (Lipinski definition) is 2. The average molecular weight is 299 g/mol. The summed E-state index contributed by atoms with van der Waals surface area (Å²) in [6.07, 6.45) is 0.463. The standard InChI is InChI=1S/C17H17NO2S/c1-13-5-7-15(8-6-13)17(20)18-12-16-14(9-11-21-16)4-2-3-10-19/h5-9,11,19H,3,10,12H2,1H3,(H,18,20). The first-order chi connectivity index (χ1) is 10.2. The van der Waals surface area contributed by atoms with Gasteiger partial charge in [-0.15, -0.1) is 11.3 Å². The summed E-state index contributed by atoms with van der Waals surface area (Å²) in [6, 6.07) is 9.42. The molecule has 4 heteroatoms. The third-order valence-corrected chi connectivity index (χ3v) is 3.85. The number of hydrogen-bond acceptors (Lipinski definition) is 3. The molecular formula is C17H17NO2S. The molecule has 1 aromatic heterocycles. The summed E-state index contributed by atoms with van der Waals surface area (Å²) in [5.74, 6) is 5.83. The summed E-state index contributed by atoms with van der Waals surface area (Å²) < 4.78 is 0. The highest BCUT2D eigenvalue weighted by atomic mass is 32.1. The van der Waals surface area contributed by atoms with Crippen molar-refractivity contribution in [1.82, 2.24) is 5.32 Å². The van der Waals surface area contributed by atoms with Gasteiger partial charge in [0, 0.05) is 22.4 Å². The van der Waals surface area contributed by atoms with Crippen molar-refractivity contribution in [3.05, 3.63) is 57.3 Å². The summed E-state index contributed by atoms with van der Waals surface area (Å²) in [6.45, 7) is 2.52. The van der Waals surface area contributed by atoms with E-state index in [-0.39, 0.29) is 12.5 Å². The molecule has 0 radical (unpaired) electrons. The number of benzene rings is 1. The minimum Gasteiger partial charge on any atom is -0.395 e. The van der Waals surface area contributed by atoms with Crippen LogP contribution in [0, 0.1) is 18.8 Å². The summed E-state index contributed by atoms with van der Waals surface area (Å²) >= 11 is 1.57. The molecule has 1 amide bonds. The Morgan fingerprint density at radius 1 is 1.29 bits per heavy atom. The minimum absolute atomic E-state index is 0.0661. The van der Waals surface area contributed by atoms with Crippen LogP contribution in [0.15, 0.2) is 35.7 Å². The second kappa shape index (κ2) is 7.63. The van der Waals surface area contributed by atoms with Gasteiger partial charge in [0.05, 0.1) is 13.2 Å². The Morgan fingerprint density at radius 3 is 2.76 bits per heavy atom. The Kier molecular flexibility index (Phi) is 5.56. The first kappa shape index (κ1) is 15.3. The van der Waals surface area contributed by atoms with Crippen LogP contribution < -0.4 is 5.32 Å². The molecule has 0 atom stereocenters. The van der Waals surface area contributed by atoms with E-state index >= 15 is 0 Å². The Morgan fingerprint density at radius 2 is 2.05 bits per heavy atom. The van der Waals surface area contributed by atoms with E-state index in [1.54, 1.807) is 11.3 Å². The summed E-state index contributed by atoms with van der Waals surface area (Å²) in [5.41, 5.74) is 2.70. The minimum atomic E-state index is -0.0855. The van der Waals surface area contributed by atoms with E-state index in [2.05, 4.69) is 17.2 Å². The molecular weight excluding hydrogens is 282 g/mol. The molecule has 0 bridgehead atoms. The van der Waals surface area contributed by atoms with Crippen LogP contribution in [-0.2, 0) is 6.54 Å². The van der Waals surface area contributed by atoms with Crippen molar-refractivity contribution in [3.63, 3.8) is 0 Å². The van der Waals surface area contributed by atoms with Crippen LogP contribution >= 0.6 is 11.3 Å². The van der Waals surface area contributed by atoms with Gasteiger partial charge in [-0.25, -0.2) is 0 Å². The third kappa shape index (κ3) is 4.45. The van der Waals surface area contributed by atoms with Crippen LogP contribution in [0.5, 0.6) is 0 Å². The summed E-state index contributed by atoms with van der Waals surface area (Å²) in [5, 5.41) is 13.6. The molecule has 21 heavy (non-hydrogen) atoms. The van der Waals surface area contributed by atoms with Crippen LogP contribution in [0.1, 0.15) is 32.8 Å². The van der Waals surface area contributed by atoms with Gasteiger partial charge in [0.2, 0.25) is 0 Å². The van der Waals surface area contributed by atoms with Crippen molar-refractivity contribution in [1.29, 1.82) is 0 Å². The van der Waals surface area contributed by atoms with Crippen LogP contribution in [0.25, 0.3) is 0 Å². The molecule has 2 aromatic rings. The van der Waals surface area contributed by atoms with Crippen molar-refractivity contribution in [2.45, 2.75) is 19.9 Å². The van der Waals surface area contributed by atoms with Crippen molar-refractivity contribution >= 4 is 17.2 Å². The number of carbonyl (C=O) groups excluding carboxylic acids is 1. The predicted octanol–water partition coefficient (Wildman–Crippen LogP) is 2.72. The molecule has 108 valence electrons. The Balaban J connectivity index is 1.97. The molecule has 1 heterocycles. The van der Waals surface area contributed by atoms with E-state index in [4.69, 9.17) is 5.11 Å². The Labute approximate surface area is 128 Å². The molecule has 1 aromatic carbocycles. The van der Waals surface area contributed by atoms with Gasteiger partial charge in [0.25, 0.3) is 5.91 Å². The number of aryl methyl sites for hydroxylation is 1. The first-order valence-corrected chi connectivity index (χ1v) is 7.59. The zero-order valence-corrected chi connectivity index (χ0v) is 12.7. The van der Waals surface area contributed by atoms with E-state index in [0.29, 0.717) is 18.5 Å². The van der Waals surface area contributed by atoms with E-state index < -0.39 is 0 Å². The predicted molar refractivity (Wildman–Crippen MR) is 85.2 cm³/mol. The van der Waals surface area contributed by atoms with Gasteiger partial charge in [0.15, 0.2) is 0 Å². The summed E-state index contributed by atoms with van der Waals surface area (Å²) in [7, 11) is 0. The number of nitrogens with one attached hydrogen (secondary N) is 1. The van der Waals surface area contributed by atoms with Crippen LogP contribution in [0.3, 0.4) is 0 Å². The van der Waals surface area contributed by atoms with Crippen molar-refractivity contribution in [2.75, 3.05) is 6.61 Å². The highest BCUT2D eigenvalue weighted by Gasteiger charge is 2.07. The van der Waals surface area contributed by atoms with Crippen LogP contribution in [-0.4, -0.2) is 17.6 Å². The number of carbonyl (C=O) groups is 1. The van der Waals surface area contributed by atoms with E-state index in [0.717, 1.165) is 16.0 Å². The van der Waals surface area contributed by atoms with Crippen molar-refractivity contribution < 1.29 is 9.90 Å². The Hall–Kier alpha value is -2.09. The van der Waals surface area contributed by atoms with E-state index in [1.807, 2.05) is 42.6 Å². The third-order valence-electron chi connectivity index (χ3n) is 2.93. The normalized spacial score (nSPS) is 9.81. The van der Waals surface area contributed by atoms with Gasteiger partial charge in [-0.3, -0.25) is 4.79 Å². The molecule has 2 N–H and O–H groups in total. The second-order valence-corrected chi connectivity index (χ2v) is 5.58. The molecule has 0 aliphatic carbocycles. The fraction of sp³-hybridized carbons (Fsp3) is 0.235. The lowest BCUT2D eigenvalue weighted by Crippen LogP contribution is -2.22. The Bertz CT molecular complexity index is 662. The van der Waals surface area contributed by atoms with Gasteiger partial charge >= 0.3 is 0 Å². The number of thiophene rings is 1. The van der Waals surface area contributed by atoms with Gasteiger partial charge in [-0.2, -0.15) is 0 Å². The molecule has 0 saturated heterocycles. The quantitative estimate of drug-likeness (QED) is 0.853.